The first kappa shape index (κ1) is 11.6. The number of nitrogens with one attached hydrogen (secondary N) is 2. The van der Waals surface area contributed by atoms with Crippen LogP contribution in [0.5, 0.6) is 0 Å². The topological polar surface area (TPSA) is 99.9 Å². The molecular weight excluding hydrogens is 212 g/mol. The van der Waals surface area contributed by atoms with Gasteiger partial charge in [0, 0.05) is 0 Å². The third kappa shape index (κ3) is 2.52. The van der Waals surface area contributed by atoms with Crippen LogP contribution in [0.1, 0.15) is 5.56 Å². The Hall–Kier alpha value is -2.46. The number of hydrogen-bond acceptors (Lipinski definition) is 4. The number of aromatic nitrogens is 2. The van der Waals surface area contributed by atoms with Gasteiger partial charge in [-0.25, -0.2) is 4.79 Å². The third-order valence-electron chi connectivity index (χ3n) is 1.89. The van der Waals surface area contributed by atoms with E-state index in [9.17, 15) is 9.59 Å². The Balaban J connectivity index is 0.000000386. The average Bonchev–Trinajstić information content (AvgIpc) is 2.17. The molecular formula is C10H8N2O4. The lowest BCUT2D eigenvalue weighted by atomic mass is 10.2. The highest BCUT2D eigenvalue weighted by molar-refractivity contribution is 5.77. The van der Waals surface area contributed by atoms with Crippen LogP contribution in [0.15, 0.2) is 27.8 Å². The number of H-pyrrole nitrogens is 2. The van der Waals surface area contributed by atoms with Gasteiger partial charge in [-0.3, -0.25) is 9.78 Å². The van der Waals surface area contributed by atoms with Crippen molar-refractivity contribution in [3.8, 4) is 0 Å². The number of aromatic amines is 2. The van der Waals surface area contributed by atoms with Gasteiger partial charge in [-0.15, -0.1) is 0 Å². The Morgan fingerprint density at radius 1 is 1.12 bits per heavy atom. The van der Waals surface area contributed by atoms with Crippen LogP contribution in [0.2, 0.25) is 0 Å². The van der Waals surface area contributed by atoms with Crippen molar-refractivity contribution in [2.45, 2.75) is 6.92 Å². The largest absolute Gasteiger partial charge is 0.373 e. The normalized spacial score (nSPS) is 9.06. The molecule has 2 aromatic rings. The summed E-state index contributed by atoms with van der Waals surface area (Å²) in [5, 5.41) is 0.505. The highest BCUT2D eigenvalue weighted by atomic mass is 16.2. The van der Waals surface area contributed by atoms with Gasteiger partial charge in [0.1, 0.15) is 0 Å². The van der Waals surface area contributed by atoms with Crippen LogP contribution in [0.4, 0.5) is 0 Å². The van der Waals surface area contributed by atoms with Crippen LogP contribution in [0.25, 0.3) is 10.9 Å². The first-order chi connectivity index (χ1) is 7.58. The van der Waals surface area contributed by atoms with Crippen LogP contribution in [-0.2, 0) is 9.59 Å². The first-order valence-electron chi connectivity index (χ1n) is 4.30. The van der Waals surface area contributed by atoms with Crippen molar-refractivity contribution in [1.82, 2.24) is 9.97 Å². The summed E-state index contributed by atoms with van der Waals surface area (Å²) in [4.78, 5) is 43.1. The Morgan fingerprint density at radius 2 is 1.75 bits per heavy atom. The molecule has 0 amide bonds. The summed E-state index contributed by atoms with van der Waals surface area (Å²) < 4.78 is 0. The molecule has 16 heavy (non-hydrogen) atoms. The van der Waals surface area contributed by atoms with E-state index < -0.39 is 5.69 Å². The SMILES string of the molecule is Cc1ccc2c(=O)[nH]c(=O)[nH]c2c1.O=C=O. The summed E-state index contributed by atoms with van der Waals surface area (Å²) in [7, 11) is 0. The predicted molar refractivity (Wildman–Crippen MR) is 54.9 cm³/mol. The van der Waals surface area contributed by atoms with E-state index in [0.717, 1.165) is 5.56 Å². The van der Waals surface area contributed by atoms with Crippen molar-refractivity contribution < 1.29 is 9.59 Å². The summed E-state index contributed by atoms with van der Waals surface area (Å²) in [6.45, 7) is 1.90. The fourth-order valence-corrected chi connectivity index (χ4v) is 1.28. The molecule has 0 atom stereocenters. The molecule has 1 aromatic carbocycles. The lowest BCUT2D eigenvalue weighted by Gasteiger charge is -1.96. The van der Waals surface area contributed by atoms with Crippen LogP contribution in [0, 0.1) is 6.92 Å². The summed E-state index contributed by atoms with van der Waals surface area (Å²) in [5.41, 5.74) is 0.768. The minimum absolute atomic E-state index is 0.250. The quantitative estimate of drug-likeness (QED) is 0.649. The second-order valence-corrected chi connectivity index (χ2v) is 3.04. The third-order valence-corrected chi connectivity index (χ3v) is 1.89. The Labute approximate surface area is 88.9 Å². The molecule has 2 rings (SSSR count). The average molecular weight is 220 g/mol. The molecule has 6 nitrogen and oxygen atoms in total. The molecule has 0 saturated carbocycles. The van der Waals surface area contributed by atoms with E-state index in [1.54, 1.807) is 12.1 Å². The zero-order chi connectivity index (χ0) is 12.1. The highest BCUT2D eigenvalue weighted by Gasteiger charge is 1.98. The summed E-state index contributed by atoms with van der Waals surface area (Å²) in [6.07, 6.45) is 0.250. The van der Waals surface area contributed by atoms with Crippen LogP contribution >= 0.6 is 0 Å². The maximum atomic E-state index is 11.2. The highest BCUT2D eigenvalue weighted by Crippen LogP contribution is 2.06. The summed E-state index contributed by atoms with van der Waals surface area (Å²) in [5.74, 6) is 0. The molecule has 0 aliphatic rings. The fourth-order valence-electron chi connectivity index (χ4n) is 1.28. The molecule has 0 spiro atoms. The second-order valence-electron chi connectivity index (χ2n) is 3.04. The van der Waals surface area contributed by atoms with Crippen molar-refractivity contribution in [3.05, 3.63) is 44.6 Å². The van der Waals surface area contributed by atoms with Crippen molar-refractivity contribution in [1.29, 1.82) is 0 Å². The van der Waals surface area contributed by atoms with Crippen LogP contribution in [0.3, 0.4) is 0 Å². The maximum Gasteiger partial charge on any atom is 0.373 e. The fraction of sp³-hybridized carbons (Fsp3) is 0.100. The van der Waals surface area contributed by atoms with E-state index in [1.807, 2.05) is 13.0 Å². The molecule has 0 saturated heterocycles. The van der Waals surface area contributed by atoms with Gasteiger partial charge in [-0.1, -0.05) is 6.07 Å². The van der Waals surface area contributed by atoms with E-state index in [1.165, 1.54) is 0 Å². The van der Waals surface area contributed by atoms with Gasteiger partial charge < -0.3 is 4.98 Å². The van der Waals surface area contributed by atoms with Crippen molar-refractivity contribution >= 4 is 17.1 Å². The van der Waals surface area contributed by atoms with E-state index in [0.29, 0.717) is 10.9 Å². The molecule has 2 N–H and O–H groups in total. The molecule has 0 bridgehead atoms. The smallest absolute Gasteiger partial charge is 0.307 e. The number of aryl methyl sites for hydroxylation is 1. The number of benzene rings is 1. The monoisotopic (exact) mass is 220 g/mol. The van der Waals surface area contributed by atoms with E-state index >= 15 is 0 Å². The van der Waals surface area contributed by atoms with Gasteiger partial charge in [0.2, 0.25) is 0 Å². The Morgan fingerprint density at radius 3 is 2.38 bits per heavy atom. The molecule has 1 heterocycles. The first-order valence-corrected chi connectivity index (χ1v) is 4.30. The zero-order valence-corrected chi connectivity index (χ0v) is 8.37. The molecule has 0 aliphatic carbocycles. The van der Waals surface area contributed by atoms with Gasteiger partial charge in [-0.05, 0) is 24.6 Å². The lowest BCUT2D eigenvalue weighted by Crippen LogP contribution is -2.21. The van der Waals surface area contributed by atoms with Crippen LogP contribution < -0.4 is 11.2 Å². The standard InChI is InChI=1S/C9H8N2O2.CO2/c1-5-2-3-6-7(4-5)10-9(13)11-8(6)12;2-1-3/h2-4H,1H3,(H2,10,11,12,13);. The van der Waals surface area contributed by atoms with Gasteiger partial charge >= 0.3 is 11.8 Å². The molecule has 0 fully saturated rings. The minimum Gasteiger partial charge on any atom is -0.307 e. The van der Waals surface area contributed by atoms with Gasteiger partial charge in [-0.2, -0.15) is 9.59 Å². The van der Waals surface area contributed by atoms with Crippen molar-refractivity contribution in [2.24, 2.45) is 0 Å². The number of hydrogen-bond donors (Lipinski definition) is 2. The molecule has 82 valence electrons. The molecule has 1 aromatic heterocycles. The van der Waals surface area contributed by atoms with Gasteiger partial charge in [0.25, 0.3) is 5.56 Å². The summed E-state index contributed by atoms with van der Waals surface area (Å²) in [6, 6.07) is 5.29. The van der Waals surface area contributed by atoms with Gasteiger partial charge in [0.05, 0.1) is 10.9 Å². The molecule has 0 unspecified atom stereocenters. The van der Waals surface area contributed by atoms with E-state index in [-0.39, 0.29) is 11.7 Å². The molecule has 0 aliphatic heterocycles. The molecule has 0 radical (unpaired) electrons. The summed E-state index contributed by atoms with van der Waals surface area (Å²) >= 11 is 0. The zero-order valence-electron chi connectivity index (χ0n) is 8.37. The number of fused-ring (bicyclic) bond motifs is 1. The Kier molecular flexibility index (Phi) is 3.53. The van der Waals surface area contributed by atoms with E-state index in [2.05, 4.69) is 9.97 Å². The maximum absolute atomic E-state index is 11.2. The lowest BCUT2D eigenvalue weighted by molar-refractivity contribution is -0.191. The van der Waals surface area contributed by atoms with Gasteiger partial charge in [0.15, 0.2) is 0 Å². The number of rotatable bonds is 0. The second kappa shape index (κ2) is 4.86. The minimum atomic E-state index is -0.469. The van der Waals surface area contributed by atoms with Crippen molar-refractivity contribution in [3.63, 3.8) is 0 Å². The predicted octanol–water partition coefficient (Wildman–Crippen LogP) is -0.0587. The molecule has 6 heteroatoms. The Bertz CT molecular complexity index is 648. The number of carbonyl (C=O) groups excluding carboxylic acids is 2. The van der Waals surface area contributed by atoms with Crippen LogP contribution in [-0.4, -0.2) is 16.1 Å². The van der Waals surface area contributed by atoms with E-state index in [4.69, 9.17) is 9.59 Å². The van der Waals surface area contributed by atoms with Crippen molar-refractivity contribution in [2.75, 3.05) is 0 Å².